The van der Waals surface area contributed by atoms with Gasteiger partial charge in [-0.3, -0.25) is 4.79 Å². The van der Waals surface area contributed by atoms with Gasteiger partial charge in [0.25, 0.3) is 0 Å². The third-order valence-corrected chi connectivity index (χ3v) is 4.74. The maximum Gasteiger partial charge on any atom is 0.246 e. The molecule has 25 heavy (non-hydrogen) atoms. The number of amides is 1. The third-order valence-electron chi connectivity index (χ3n) is 4.74. The highest BCUT2D eigenvalue weighted by molar-refractivity contribution is 5.93. The van der Waals surface area contributed by atoms with Gasteiger partial charge in [0.1, 0.15) is 5.75 Å². The quantitative estimate of drug-likeness (QED) is 0.742. The van der Waals surface area contributed by atoms with Crippen LogP contribution in [0.4, 0.5) is 0 Å². The van der Waals surface area contributed by atoms with Crippen LogP contribution in [0, 0.1) is 0 Å². The van der Waals surface area contributed by atoms with Gasteiger partial charge in [-0.25, -0.2) is 0 Å². The smallest absolute Gasteiger partial charge is 0.246 e. The van der Waals surface area contributed by atoms with Crippen LogP contribution < -0.4 is 4.74 Å². The van der Waals surface area contributed by atoms with Gasteiger partial charge in [-0.15, -0.1) is 0 Å². The number of benzene rings is 2. The van der Waals surface area contributed by atoms with Gasteiger partial charge in [-0.2, -0.15) is 0 Å². The first-order chi connectivity index (χ1) is 12.3. The normalized spacial score (nSPS) is 14.0. The van der Waals surface area contributed by atoms with Crippen molar-refractivity contribution in [2.24, 2.45) is 0 Å². The number of ether oxygens (including phenoxy) is 1. The molecule has 4 nitrogen and oxygen atoms in total. The molecule has 0 bridgehead atoms. The first-order valence-electron chi connectivity index (χ1n) is 8.45. The Balaban J connectivity index is 1.55. The maximum atomic E-state index is 12.6. The van der Waals surface area contributed by atoms with Crippen LogP contribution in [0.15, 0.2) is 54.6 Å². The second-order valence-electron chi connectivity index (χ2n) is 6.21. The molecule has 0 saturated carbocycles. The molecule has 2 heterocycles. The fraction of sp³-hybridized carbons (Fsp3) is 0.190. The zero-order valence-corrected chi connectivity index (χ0v) is 14.2. The topological polar surface area (TPSA) is 45.3 Å². The Bertz CT molecular complexity index is 955. The molecule has 126 valence electrons. The summed E-state index contributed by atoms with van der Waals surface area (Å²) >= 11 is 0. The van der Waals surface area contributed by atoms with Gasteiger partial charge in [0.2, 0.25) is 5.91 Å². The lowest BCUT2D eigenvalue weighted by Gasteiger charge is -2.26. The van der Waals surface area contributed by atoms with Crippen LogP contribution in [-0.2, 0) is 17.8 Å². The SMILES string of the molecule is COc1ccccc1/C=C/C(=O)N1CCc2[nH]c3ccccc3c2C1. The van der Waals surface area contributed by atoms with Crippen molar-refractivity contribution in [3.05, 3.63) is 71.4 Å². The van der Waals surface area contributed by atoms with Gasteiger partial charge in [-0.05, 0) is 18.2 Å². The molecule has 0 fully saturated rings. The molecular formula is C21H20N2O2. The maximum absolute atomic E-state index is 12.6. The minimum Gasteiger partial charge on any atom is -0.496 e. The second-order valence-corrected chi connectivity index (χ2v) is 6.21. The number of carbonyl (C=O) groups is 1. The summed E-state index contributed by atoms with van der Waals surface area (Å²) in [4.78, 5) is 18.0. The summed E-state index contributed by atoms with van der Waals surface area (Å²) in [6.07, 6.45) is 4.32. The van der Waals surface area contributed by atoms with E-state index in [0.29, 0.717) is 6.54 Å². The standard InChI is InChI=1S/C21H20N2O2/c1-25-20-9-5-2-6-15(20)10-11-21(24)23-13-12-19-17(14-23)16-7-3-4-8-18(16)22-19/h2-11,22H,12-14H2,1H3/b11-10+. The number of aromatic amines is 1. The monoisotopic (exact) mass is 332 g/mol. The van der Waals surface area contributed by atoms with E-state index in [1.807, 2.05) is 47.4 Å². The molecule has 0 spiro atoms. The molecule has 1 amide bonds. The average Bonchev–Trinajstić information content (AvgIpc) is 3.04. The molecule has 0 unspecified atom stereocenters. The molecular weight excluding hydrogens is 312 g/mol. The van der Waals surface area contributed by atoms with Crippen molar-refractivity contribution in [2.75, 3.05) is 13.7 Å². The Labute approximate surface area is 146 Å². The van der Waals surface area contributed by atoms with Crippen LogP contribution in [0.1, 0.15) is 16.8 Å². The highest BCUT2D eigenvalue weighted by Gasteiger charge is 2.22. The van der Waals surface area contributed by atoms with Gasteiger partial charge < -0.3 is 14.6 Å². The summed E-state index contributed by atoms with van der Waals surface area (Å²) in [6.45, 7) is 1.38. The number of methoxy groups -OCH3 is 1. The third kappa shape index (κ3) is 2.91. The van der Waals surface area contributed by atoms with Gasteiger partial charge in [0, 0.05) is 53.3 Å². The molecule has 0 aliphatic carbocycles. The molecule has 1 aliphatic heterocycles. The molecule has 1 aromatic heterocycles. The predicted octanol–water partition coefficient (Wildman–Crippen LogP) is 3.77. The minimum absolute atomic E-state index is 0.0295. The number of aromatic nitrogens is 1. The van der Waals surface area contributed by atoms with Gasteiger partial charge >= 0.3 is 0 Å². The van der Waals surface area contributed by atoms with E-state index in [0.717, 1.165) is 29.8 Å². The Kier molecular flexibility index (Phi) is 4.02. The van der Waals surface area contributed by atoms with Crippen LogP contribution in [0.2, 0.25) is 0 Å². The van der Waals surface area contributed by atoms with Crippen molar-refractivity contribution in [3.8, 4) is 5.75 Å². The number of rotatable bonds is 3. The number of carbonyl (C=O) groups excluding carboxylic acids is 1. The Morgan fingerprint density at radius 1 is 1.16 bits per heavy atom. The molecule has 0 saturated heterocycles. The highest BCUT2D eigenvalue weighted by atomic mass is 16.5. The number of hydrogen-bond acceptors (Lipinski definition) is 2. The van der Waals surface area contributed by atoms with E-state index in [4.69, 9.17) is 4.74 Å². The van der Waals surface area contributed by atoms with Gasteiger partial charge in [0.15, 0.2) is 0 Å². The fourth-order valence-electron chi connectivity index (χ4n) is 3.43. The van der Waals surface area contributed by atoms with E-state index in [9.17, 15) is 4.79 Å². The number of nitrogens with zero attached hydrogens (tertiary/aromatic N) is 1. The summed E-state index contributed by atoms with van der Waals surface area (Å²) in [5.41, 5.74) is 4.54. The Morgan fingerprint density at radius 2 is 1.96 bits per heavy atom. The van der Waals surface area contributed by atoms with Crippen LogP contribution in [0.3, 0.4) is 0 Å². The van der Waals surface area contributed by atoms with E-state index in [1.54, 1.807) is 13.2 Å². The molecule has 4 rings (SSSR count). The van der Waals surface area contributed by atoms with Crippen molar-refractivity contribution in [2.45, 2.75) is 13.0 Å². The van der Waals surface area contributed by atoms with E-state index in [2.05, 4.69) is 17.1 Å². The van der Waals surface area contributed by atoms with Crippen LogP contribution in [0.5, 0.6) is 5.75 Å². The van der Waals surface area contributed by atoms with Gasteiger partial charge in [0.05, 0.1) is 7.11 Å². The molecule has 0 atom stereocenters. The van der Waals surface area contributed by atoms with Crippen molar-refractivity contribution in [3.63, 3.8) is 0 Å². The number of nitrogens with one attached hydrogen (secondary N) is 1. The van der Waals surface area contributed by atoms with E-state index in [-0.39, 0.29) is 5.91 Å². The Hall–Kier alpha value is -3.01. The average molecular weight is 332 g/mol. The van der Waals surface area contributed by atoms with E-state index < -0.39 is 0 Å². The first kappa shape index (κ1) is 15.5. The molecule has 3 aromatic rings. The van der Waals surface area contributed by atoms with Crippen LogP contribution in [0.25, 0.3) is 17.0 Å². The highest BCUT2D eigenvalue weighted by Crippen LogP contribution is 2.27. The van der Waals surface area contributed by atoms with Crippen molar-refractivity contribution < 1.29 is 9.53 Å². The summed E-state index contributed by atoms with van der Waals surface area (Å²) in [5, 5.41) is 1.21. The van der Waals surface area contributed by atoms with Crippen molar-refractivity contribution in [1.82, 2.24) is 9.88 Å². The molecule has 4 heteroatoms. The lowest BCUT2D eigenvalue weighted by molar-refractivity contribution is -0.126. The largest absolute Gasteiger partial charge is 0.496 e. The summed E-state index contributed by atoms with van der Waals surface area (Å²) in [6, 6.07) is 16.0. The molecule has 0 radical (unpaired) electrons. The number of hydrogen-bond donors (Lipinski definition) is 1. The van der Waals surface area contributed by atoms with Crippen LogP contribution >= 0.6 is 0 Å². The second kappa shape index (κ2) is 6.48. The van der Waals surface area contributed by atoms with E-state index in [1.165, 1.54) is 16.6 Å². The summed E-state index contributed by atoms with van der Waals surface area (Å²) in [5.74, 6) is 0.797. The number of H-pyrrole nitrogens is 1. The van der Waals surface area contributed by atoms with E-state index >= 15 is 0 Å². The van der Waals surface area contributed by atoms with Gasteiger partial charge in [-0.1, -0.05) is 36.4 Å². The summed E-state index contributed by atoms with van der Waals surface area (Å²) < 4.78 is 5.33. The molecule has 2 aromatic carbocycles. The number of fused-ring (bicyclic) bond motifs is 3. The minimum atomic E-state index is 0.0295. The first-order valence-corrected chi connectivity index (χ1v) is 8.45. The Morgan fingerprint density at radius 3 is 2.84 bits per heavy atom. The molecule has 1 aliphatic rings. The predicted molar refractivity (Wildman–Crippen MR) is 99.4 cm³/mol. The number of para-hydroxylation sites is 2. The van der Waals surface area contributed by atoms with Crippen LogP contribution in [-0.4, -0.2) is 29.4 Å². The van der Waals surface area contributed by atoms with Crippen molar-refractivity contribution in [1.29, 1.82) is 0 Å². The van der Waals surface area contributed by atoms with Crippen molar-refractivity contribution >= 4 is 22.9 Å². The fourth-order valence-corrected chi connectivity index (χ4v) is 3.43. The molecule has 1 N–H and O–H groups in total. The zero-order chi connectivity index (χ0) is 17.2. The zero-order valence-electron chi connectivity index (χ0n) is 14.2. The lowest BCUT2D eigenvalue weighted by atomic mass is 10.0. The summed E-state index contributed by atoms with van der Waals surface area (Å²) in [7, 11) is 1.64. The lowest BCUT2D eigenvalue weighted by Crippen LogP contribution is -2.34.